The van der Waals surface area contributed by atoms with Crippen LogP contribution in [0.15, 0.2) is 54.7 Å². The molecule has 0 aliphatic heterocycles. The summed E-state index contributed by atoms with van der Waals surface area (Å²) in [4.78, 5) is 29.0. The van der Waals surface area contributed by atoms with Gasteiger partial charge in [-0.25, -0.2) is 9.78 Å². The number of aromatic carboxylic acids is 1. The van der Waals surface area contributed by atoms with E-state index in [2.05, 4.69) is 48.3 Å². The molecule has 1 atom stereocenters. The fourth-order valence-electron chi connectivity index (χ4n) is 4.37. The van der Waals surface area contributed by atoms with Gasteiger partial charge in [0, 0.05) is 24.6 Å². The van der Waals surface area contributed by atoms with Crippen molar-refractivity contribution in [2.75, 3.05) is 5.75 Å². The molecule has 6 nitrogen and oxygen atoms in total. The predicted octanol–water partition coefficient (Wildman–Crippen LogP) is 5.85. The molecule has 1 heterocycles. The molecule has 3 aromatic rings. The van der Waals surface area contributed by atoms with Gasteiger partial charge in [0.2, 0.25) is 5.91 Å². The molecule has 2 aromatic carbocycles. The number of unbranched alkanes of at least 4 members (excludes halogenated alkanes) is 1. The Morgan fingerprint density at radius 3 is 2.47 bits per heavy atom. The van der Waals surface area contributed by atoms with Crippen LogP contribution in [0.25, 0.3) is 11.1 Å². The van der Waals surface area contributed by atoms with Gasteiger partial charge in [0.1, 0.15) is 5.82 Å². The maximum Gasteiger partial charge on any atom is 0.336 e. The third-order valence-corrected chi connectivity index (χ3v) is 6.77. The van der Waals surface area contributed by atoms with E-state index < -0.39 is 5.97 Å². The van der Waals surface area contributed by atoms with Gasteiger partial charge in [-0.15, -0.1) is 0 Å². The van der Waals surface area contributed by atoms with Crippen molar-refractivity contribution in [2.24, 2.45) is 11.8 Å². The molecule has 0 spiro atoms. The Hall–Kier alpha value is -3.06. The van der Waals surface area contributed by atoms with Gasteiger partial charge in [-0.1, -0.05) is 69.7 Å². The largest absolute Gasteiger partial charge is 0.478 e. The topological polar surface area (TPSA) is 84.2 Å². The minimum absolute atomic E-state index is 0.0306. The standard InChI is InChI=1S/C29H37N3O3S/c1-4-5-10-27-30-16-24(17-31-28(33)23(19-36)15-20(2)3)32(27)18-21-11-13-22(14-12-21)25-8-6-7-9-26(25)29(34)35/h6-9,11-14,16,20,23,36H,4-5,10,15,17-19H2,1-3H3,(H,31,33)(H,34,35). The number of amides is 1. The van der Waals surface area contributed by atoms with Crippen LogP contribution in [0.5, 0.6) is 0 Å². The molecule has 0 radical (unpaired) electrons. The predicted molar refractivity (Wildman–Crippen MR) is 147 cm³/mol. The number of imidazole rings is 1. The summed E-state index contributed by atoms with van der Waals surface area (Å²) in [5.41, 5.74) is 3.91. The number of nitrogens with zero attached hydrogens (tertiary/aromatic N) is 2. The molecule has 0 fully saturated rings. The molecule has 1 aromatic heterocycles. The number of carboxylic acids is 1. The number of aromatic nitrogens is 2. The highest BCUT2D eigenvalue weighted by Crippen LogP contribution is 2.25. The zero-order valence-corrected chi connectivity index (χ0v) is 22.3. The molecule has 0 saturated carbocycles. The van der Waals surface area contributed by atoms with E-state index in [-0.39, 0.29) is 17.4 Å². The monoisotopic (exact) mass is 507 g/mol. The van der Waals surface area contributed by atoms with E-state index in [1.165, 1.54) is 0 Å². The van der Waals surface area contributed by atoms with Crippen molar-refractivity contribution in [1.29, 1.82) is 0 Å². The van der Waals surface area contributed by atoms with Crippen LogP contribution < -0.4 is 5.32 Å². The average molecular weight is 508 g/mol. The molecule has 7 heteroatoms. The van der Waals surface area contributed by atoms with Crippen LogP contribution in [0.3, 0.4) is 0 Å². The van der Waals surface area contributed by atoms with Gasteiger partial charge in [-0.05, 0) is 41.5 Å². The Bertz CT molecular complexity index is 1150. The first-order valence-electron chi connectivity index (χ1n) is 12.7. The first-order chi connectivity index (χ1) is 17.3. The lowest BCUT2D eigenvalue weighted by Crippen LogP contribution is -2.32. The minimum Gasteiger partial charge on any atom is -0.478 e. The van der Waals surface area contributed by atoms with Crippen molar-refractivity contribution >= 4 is 24.5 Å². The number of hydrogen-bond acceptors (Lipinski definition) is 4. The Balaban J connectivity index is 1.79. The Labute approximate surface area is 219 Å². The summed E-state index contributed by atoms with van der Waals surface area (Å²) in [6.07, 6.45) is 5.68. The molecule has 192 valence electrons. The smallest absolute Gasteiger partial charge is 0.336 e. The van der Waals surface area contributed by atoms with Gasteiger partial charge in [-0.2, -0.15) is 12.6 Å². The van der Waals surface area contributed by atoms with E-state index in [9.17, 15) is 14.7 Å². The fraction of sp³-hybridized carbons (Fsp3) is 0.414. The van der Waals surface area contributed by atoms with E-state index in [1.807, 2.05) is 42.6 Å². The zero-order valence-electron chi connectivity index (χ0n) is 21.4. The summed E-state index contributed by atoms with van der Waals surface area (Å²) in [6, 6.07) is 15.0. The normalized spacial score (nSPS) is 12.0. The molecule has 0 bridgehead atoms. The number of aryl methyl sites for hydroxylation is 1. The second kappa shape index (κ2) is 13.3. The first kappa shape index (κ1) is 27.5. The van der Waals surface area contributed by atoms with Crippen molar-refractivity contribution < 1.29 is 14.7 Å². The number of carboxylic acid groups (broad SMARTS) is 1. The quantitative estimate of drug-likeness (QED) is 0.254. The van der Waals surface area contributed by atoms with Crippen LogP contribution in [-0.4, -0.2) is 32.3 Å². The average Bonchev–Trinajstić information content (AvgIpc) is 3.25. The number of rotatable bonds is 13. The molecule has 1 unspecified atom stereocenters. The van der Waals surface area contributed by atoms with Crippen molar-refractivity contribution in [3.8, 4) is 11.1 Å². The van der Waals surface area contributed by atoms with Crippen molar-refractivity contribution in [3.05, 3.63) is 77.4 Å². The highest BCUT2D eigenvalue weighted by atomic mass is 32.1. The Morgan fingerprint density at radius 2 is 1.83 bits per heavy atom. The molecular formula is C29H37N3O3S. The van der Waals surface area contributed by atoms with Crippen LogP contribution in [0, 0.1) is 11.8 Å². The second-order valence-corrected chi connectivity index (χ2v) is 10.00. The maximum absolute atomic E-state index is 12.7. The van der Waals surface area contributed by atoms with Crippen molar-refractivity contribution in [1.82, 2.24) is 14.9 Å². The number of benzene rings is 2. The van der Waals surface area contributed by atoms with Crippen LogP contribution in [0.2, 0.25) is 0 Å². The van der Waals surface area contributed by atoms with Crippen molar-refractivity contribution in [2.45, 2.75) is 59.5 Å². The minimum atomic E-state index is -0.936. The van der Waals surface area contributed by atoms with Gasteiger partial charge in [0.05, 0.1) is 24.0 Å². The van der Waals surface area contributed by atoms with Gasteiger partial charge in [0.15, 0.2) is 0 Å². The molecular weight excluding hydrogens is 470 g/mol. The fourth-order valence-corrected chi connectivity index (χ4v) is 4.69. The summed E-state index contributed by atoms with van der Waals surface area (Å²) in [5.74, 6) is 0.962. The van der Waals surface area contributed by atoms with Crippen LogP contribution in [0.4, 0.5) is 0 Å². The summed E-state index contributed by atoms with van der Waals surface area (Å²) >= 11 is 4.38. The number of hydrogen-bond donors (Lipinski definition) is 3. The summed E-state index contributed by atoms with van der Waals surface area (Å²) in [7, 11) is 0. The SMILES string of the molecule is CCCCc1ncc(CNC(=O)C(CS)CC(C)C)n1Cc1ccc(-c2ccccc2C(=O)O)cc1. The van der Waals surface area contributed by atoms with Crippen LogP contribution in [-0.2, 0) is 24.3 Å². The van der Waals surface area contributed by atoms with E-state index in [4.69, 9.17) is 0 Å². The summed E-state index contributed by atoms with van der Waals surface area (Å²) < 4.78 is 2.19. The first-order valence-corrected chi connectivity index (χ1v) is 13.3. The molecule has 0 aliphatic carbocycles. The molecule has 36 heavy (non-hydrogen) atoms. The van der Waals surface area contributed by atoms with Crippen LogP contribution >= 0.6 is 12.6 Å². The maximum atomic E-state index is 12.7. The van der Waals surface area contributed by atoms with E-state index in [0.717, 1.165) is 48.3 Å². The third-order valence-electron chi connectivity index (χ3n) is 6.33. The van der Waals surface area contributed by atoms with Gasteiger partial charge < -0.3 is 15.0 Å². The third kappa shape index (κ3) is 7.23. The summed E-state index contributed by atoms with van der Waals surface area (Å²) in [5, 5.41) is 12.6. The number of carbonyl (C=O) groups is 2. The number of thiol groups is 1. The van der Waals surface area contributed by atoms with Gasteiger partial charge in [-0.3, -0.25) is 4.79 Å². The lowest BCUT2D eigenvalue weighted by Gasteiger charge is -2.18. The van der Waals surface area contributed by atoms with E-state index >= 15 is 0 Å². The molecule has 0 saturated heterocycles. The number of carbonyl (C=O) groups excluding carboxylic acids is 1. The second-order valence-electron chi connectivity index (χ2n) is 9.63. The van der Waals surface area contributed by atoms with Crippen LogP contribution in [0.1, 0.15) is 67.5 Å². The highest BCUT2D eigenvalue weighted by Gasteiger charge is 2.19. The Kier molecular flexibility index (Phi) is 10.2. The molecule has 0 aliphatic rings. The zero-order chi connectivity index (χ0) is 26.1. The van der Waals surface area contributed by atoms with Gasteiger partial charge in [0.25, 0.3) is 0 Å². The van der Waals surface area contributed by atoms with E-state index in [0.29, 0.717) is 30.3 Å². The lowest BCUT2D eigenvalue weighted by molar-refractivity contribution is -0.124. The highest BCUT2D eigenvalue weighted by molar-refractivity contribution is 7.80. The van der Waals surface area contributed by atoms with Gasteiger partial charge >= 0.3 is 5.97 Å². The molecule has 3 rings (SSSR count). The lowest BCUT2D eigenvalue weighted by atomic mass is 9.98. The molecule has 2 N–H and O–H groups in total. The number of nitrogens with one attached hydrogen (secondary N) is 1. The van der Waals surface area contributed by atoms with E-state index in [1.54, 1.807) is 12.1 Å². The van der Waals surface area contributed by atoms with Crippen molar-refractivity contribution in [3.63, 3.8) is 0 Å². The molecule has 1 amide bonds. The Morgan fingerprint density at radius 1 is 1.11 bits per heavy atom. The summed E-state index contributed by atoms with van der Waals surface area (Å²) in [6.45, 7) is 7.45.